The van der Waals surface area contributed by atoms with Crippen molar-refractivity contribution < 1.29 is 18.9 Å². The van der Waals surface area contributed by atoms with Gasteiger partial charge in [0.2, 0.25) is 0 Å². The Morgan fingerprint density at radius 1 is 1.16 bits per heavy atom. The van der Waals surface area contributed by atoms with Crippen LogP contribution in [0.4, 0.5) is 11.5 Å². The molecule has 0 radical (unpaired) electrons. The van der Waals surface area contributed by atoms with Gasteiger partial charge >= 0.3 is 0 Å². The van der Waals surface area contributed by atoms with E-state index >= 15 is 0 Å². The number of benzene rings is 2. The lowest BCUT2D eigenvalue weighted by Crippen LogP contribution is -2.26. The van der Waals surface area contributed by atoms with Crippen LogP contribution in [0.15, 0.2) is 53.4 Å². The quantitative estimate of drug-likeness (QED) is 0.325. The highest BCUT2D eigenvalue weighted by Gasteiger charge is 2.27. The monoisotopic (exact) mass is 458 g/mol. The van der Waals surface area contributed by atoms with Crippen molar-refractivity contribution >= 4 is 33.0 Å². The third-order valence-corrected chi connectivity index (χ3v) is 7.34. The minimum absolute atomic E-state index is 0.0849. The fourth-order valence-corrected chi connectivity index (χ4v) is 5.44. The van der Waals surface area contributed by atoms with Gasteiger partial charge in [-0.3, -0.25) is 9.11 Å². The molecule has 0 saturated heterocycles. The molecule has 172 valence electrons. The maximum Gasteiger partial charge on any atom is 0.145 e. The van der Waals surface area contributed by atoms with E-state index in [0.29, 0.717) is 35.8 Å². The normalized spacial score (nSPS) is 16.3. The fraction of sp³-hybridized carbons (Fsp3) is 0.348. The summed E-state index contributed by atoms with van der Waals surface area (Å²) >= 11 is 0. The molecule has 0 aliphatic carbocycles. The smallest absolute Gasteiger partial charge is 0.145 e. The zero-order valence-corrected chi connectivity index (χ0v) is 18.7. The molecular formula is C23H30N4O4S. The third-order valence-electron chi connectivity index (χ3n) is 5.49. The van der Waals surface area contributed by atoms with Gasteiger partial charge in [0.25, 0.3) is 0 Å². The molecule has 0 spiro atoms. The van der Waals surface area contributed by atoms with E-state index in [1.165, 1.54) is 0 Å². The number of hydrogen-bond acceptors (Lipinski definition) is 8. The van der Waals surface area contributed by atoms with Gasteiger partial charge in [0.1, 0.15) is 23.7 Å². The minimum atomic E-state index is -2.86. The lowest BCUT2D eigenvalue weighted by molar-refractivity contribution is 0.202. The Morgan fingerprint density at radius 2 is 2.00 bits per heavy atom. The summed E-state index contributed by atoms with van der Waals surface area (Å²) in [6.07, 6.45) is 0.831. The second kappa shape index (κ2) is 9.93. The molecule has 2 aromatic carbocycles. The number of aliphatic hydroxyl groups is 1. The summed E-state index contributed by atoms with van der Waals surface area (Å²) in [5, 5.41) is 13.6. The van der Waals surface area contributed by atoms with Crippen LogP contribution in [-0.2, 0) is 6.54 Å². The van der Waals surface area contributed by atoms with Gasteiger partial charge < -0.3 is 25.8 Å². The lowest BCUT2D eigenvalue weighted by Gasteiger charge is -2.32. The van der Waals surface area contributed by atoms with E-state index in [9.17, 15) is 14.2 Å². The van der Waals surface area contributed by atoms with Crippen molar-refractivity contribution in [2.75, 3.05) is 48.8 Å². The Labute approximate surface area is 189 Å². The van der Waals surface area contributed by atoms with Crippen molar-refractivity contribution in [3.63, 3.8) is 0 Å². The SMILES string of the molecule is NCCCNc1cc(N2CCS(O)(O)c3ccccc3C2)nc2c(OCCO)cccc12. The number of ether oxygens (including phenoxy) is 1. The van der Waals surface area contributed by atoms with Crippen molar-refractivity contribution in [3.8, 4) is 5.75 Å². The number of fused-ring (bicyclic) bond motifs is 2. The Morgan fingerprint density at radius 3 is 2.81 bits per heavy atom. The largest absolute Gasteiger partial charge is 0.489 e. The van der Waals surface area contributed by atoms with Crippen LogP contribution in [-0.4, -0.2) is 57.8 Å². The number of aromatic nitrogens is 1. The van der Waals surface area contributed by atoms with Crippen LogP contribution in [0.1, 0.15) is 12.0 Å². The van der Waals surface area contributed by atoms with Gasteiger partial charge in [0.15, 0.2) is 0 Å². The van der Waals surface area contributed by atoms with Gasteiger partial charge in [-0.2, -0.15) is 10.6 Å². The Hall–Kier alpha value is -2.56. The molecule has 0 unspecified atom stereocenters. The molecule has 0 fully saturated rings. The maximum absolute atomic E-state index is 10.7. The average Bonchev–Trinajstić information content (AvgIpc) is 2.93. The number of nitrogens with one attached hydrogen (secondary N) is 1. The molecule has 0 atom stereocenters. The Balaban J connectivity index is 1.77. The fourth-order valence-electron chi connectivity index (χ4n) is 3.90. The first-order valence-corrected chi connectivity index (χ1v) is 12.5. The van der Waals surface area contributed by atoms with Crippen LogP contribution in [0.3, 0.4) is 0 Å². The second-order valence-electron chi connectivity index (χ2n) is 7.72. The van der Waals surface area contributed by atoms with E-state index < -0.39 is 10.6 Å². The van der Waals surface area contributed by atoms with Gasteiger partial charge in [-0.15, -0.1) is 0 Å². The summed E-state index contributed by atoms with van der Waals surface area (Å²) in [5.74, 6) is 1.56. The second-order valence-corrected chi connectivity index (χ2v) is 9.90. The molecule has 4 rings (SSSR count). The predicted molar refractivity (Wildman–Crippen MR) is 130 cm³/mol. The first-order chi connectivity index (χ1) is 15.5. The molecule has 0 bridgehead atoms. The van der Waals surface area contributed by atoms with Crippen LogP contribution in [0.2, 0.25) is 0 Å². The van der Waals surface area contributed by atoms with Gasteiger partial charge in [-0.05, 0) is 30.7 Å². The average molecular weight is 459 g/mol. The maximum atomic E-state index is 10.7. The van der Waals surface area contributed by atoms with E-state index in [1.54, 1.807) is 6.07 Å². The summed E-state index contributed by atoms with van der Waals surface area (Å²) in [7, 11) is -2.86. The van der Waals surface area contributed by atoms with Crippen LogP contribution < -0.4 is 20.7 Å². The molecule has 6 N–H and O–H groups in total. The van der Waals surface area contributed by atoms with Crippen molar-refractivity contribution in [3.05, 3.63) is 54.1 Å². The van der Waals surface area contributed by atoms with E-state index in [0.717, 1.165) is 35.4 Å². The molecule has 32 heavy (non-hydrogen) atoms. The van der Waals surface area contributed by atoms with Crippen molar-refractivity contribution in [1.29, 1.82) is 0 Å². The summed E-state index contributed by atoms with van der Waals surface area (Å²) in [6, 6.07) is 15.2. The molecule has 0 saturated carbocycles. The molecule has 1 aliphatic rings. The summed E-state index contributed by atoms with van der Waals surface area (Å²) in [5.41, 5.74) is 8.16. The molecule has 0 amide bonds. The van der Waals surface area contributed by atoms with Crippen molar-refractivity contribution in [1.82, 2.24) is 4.98 Å². The standard InChI is InChI=1S/C23H30N4O4S/c24-9-4-10-25-19-15-22(26-23-18(19)6-3-7-20(23)31-13-12-28)27-11-14-32(29,30)21-8-2-1-5-17(21)16-27/h1-3,5-8,15,28-30H,4,9-14,16,24H2,(H,25,26). The van der Waals surface area contributed by atoms with Gasteiger partial charge in [-0.25, -0.2) is 4.98 Å². The van der Waals surface area contributed by atoms with Crippen LogP contribution in [0.5, 0.6) is 5.75 Å². The highest BCUT2D eigenvalue weighted by molar-refractivity contribution is 8.24. The summed E-state index contributed by atoms with van der Waals surface area (Å²) in [4.78, 5) is 7.58. The van der Waals surface area contributed by atoms with E-state index in [4.69, 9.17) is 15.5 Å². The van der Waals surface area contributed by atoms with Gasteiger partial charge in [0.05, 0.1) is 17.3 Å². The highest BCUT2D eigenvalue weighted by atomic mass is 32.3. The number of nitrogens with two attached hydrogens (primary N) is 1. The molecule has 2 heterocycles. The lowest BCUT2D eigenvalue weighted by atomic mass is 10.1. The number of aliphatic hydroxyl groups excluding tert-OH is 1. The highest BCUT2D eigenvalue weighted by Crippen LogP contribution is 2.51. The predicted octanol–water partition coefficient (Wildman–Crippen LogP) is 3.50. The first kappa shape index (κ1) is 22.6. The summed E-state index contributed by atoms with van der Waals surface area (Å²) in [6.45, 7) is 2.38. The molecule has 8 nitrogen and oxygen atoms in total. The summed E-state index contributed by atoms with van der Waals surface area (Å²) < 4.78 is 27.2. The third kappa shape index (κ3) is 4.77. The molecular weight excluding hydrogens is 428 g/mol. The van der Waals surface area contributed by atoms with Crippen LogP contribution in [0, 0.1) is 0 Å². The number of hydrogen-bond donors (Lipinski definition) is 5. The van der Waals surface area contributed by atoms with Crippen molar-refractivity contribution in [2.24, 2.45) is 5.73 Å². The van der Waals surface area contributed by atoms with Gasteiger partial charge in [-0.1, -0.05) is 30.3 Å². The van der Waals surface area contributed by atoms with Crippen LogP contribution in [0.25, 0.3) is 10.9 Å². The number of rotatable bonds is 8. The van der Waals surface area contributed by atoms with Gasteiger partial charge in [0, 0.05) is 36.8 Å². The number of nitrogens with zero attached hydrogens (tertiary/aromatic N) is 2. The number of para-hydroxylation sites is 1. The molecule has 1 aliphatic heterocycles. The van der Waals surface area contributed by atoms with E-state index in [1.807, 2.05) is 42.5 Å². The Bertz CT molecular complexity index is 1080. The number of anilines is 2. The van der Waals surface area contributed by atoms with Crippen LogP contribution >= 0.6 is 10.6 Å². The minimum Gasteiger partial charge on any atom is -0.489 e. The zero-order chi connectivity index (χ0) is 22.6. The Kier molecular flexibility index (Phi) is 7.02. The zero-order valence-electron chi connectivity index (χ0n) is 17.9. The molecule has 1 aromatic heterocycles. The van der Waals surface area contributed by atoms with E-state index in [2.05, 4.69) is 10.2 Å². The van der Waals surface area contributed by atoms with Crippen molar-refractivity contribution in [2.45, 2.75) is 17.9 Å². The number of pyridine rings is 1. The molecule has 3 aromatic rings. The first-order valence-electron chi connectivity index (χ1n) is 10.7. The van der Waals surface area contributed by atoms with E-state index in [-0.39, 0.29) is 19.0 Å². The topological polar surface area (TPSA) is 124 Å². The molecule has 9 heteroatoms.